The highest BCUT2D eigenvalue weighted by Crippen LogP contribution is 2.35. The second-order valence-corrected chi connectivity index (χ2v) is 10.3. The minimum absolute atomic E-state index is 0.0492. The van der Waals surface area contributed by atoms with E-state index in [1.165, 1.54) is 7.11 Å². The van der Waals surface area contributed by atoms with Crippen LogP contribution >= 0.6 is 34.4 Å². The summed E-state index contributed by atoms with van der Waals surface area (Å²) in [5.74, 6) is -1.52. The second kappa shape index (κ2) is 13.2. The molecular formula is C23H24N4O7S3. The highest BCUT2D eigenvalue weighted by atomic mass is 32.2. The van der Waals surface area contributed by atoms with Crippen LogP contribution in [-0.4, -0.2) is 60.0 Å². The molecule has 0 saturated heterocycles. The molecule has 2 amide bonds. The predicted octanol–water partition coefficient (Wildman–Crippen LogP) is 4.25. The van der Waals surface area contributed by atoms with E-state index in [1.807, 2.05) is 0 Å². The monoisotopic (exact) mass is 564 g/mol. The van der Waals surface area contributed by atoms with Gasteiger partial charge in [-0.3, -0.25) is 14.9 Å². The lowest BCUT2D eigenvalue weighted by Crippen LogP contribution is -2.16. The topological polar surface area (TPSA) is 146 Å². The van der Waals surface area contributed by atoms with E-state index in [9.17, 15) is 19.2 Å². The van der Waals surface area contributed by atoms with E-state index in [1.54, 1.807) is 45.0 Å². The Morgan fingerprint density at radius 3 is 2.43 bits per heavy atom. The van der Waals surface area contributed by atoms with Gasteiger partial charge >= 0.3 is 11.9 Å². The van der Waals surface area contributed by atoms with Gasteiger partial charge in [0.05, 0.1) is 31.6 Å². The first kappa shape index (κ1) is 28.1. The summed E-state index contributed by atoms with van der Waals surface area (Å²) in [4.78, 5) is 50.1. The van der Waals surface area contributed by atoms with Gasteiger partial charge in [-0.15, -0.1) is 21.5 Å². The van der Waals surface area contributed by atoms with Crippen molar-refractivity contribution in [1.82, 2.24) is 10.2 Å². The summed E-state index contributed by atoms with van der Waals surface area (Å²) < 4.78 is 15.7. The fourth-order valence-corrected chi connectivity index (χ4v) is 5.64. The second-order valence-electron chi connectivity index (χ2n) is 7.10. The maximum Gasteiger partial charge on any atom is 0.348 e. The number of thiophene rings is 1. The van der Waals surface area contributed by atoms with Gasteiger partial charge in [-0.25, -0.2) is 9.59 Å². The van der Waals surface area contributed by atoms with Gasteiger partial charge in [0.15, 0.2) is 4.34 Å². The third-order valence-electron chi connectivity index (χ3n) is 4.63. The van der Waals surface area contributed by atoms with Crippen molar-refractivity contribution in [1.29, 1.82) is 0 Å². The molecule has 0 aliphatic rings. The first-order valence-corrected chi connectivity index (χ1v) is 13.6. The fourth-order valence-electron chi connectivity index (χ4n) is 2.98. The zero-order chi connectivity index (χ0) is 26.9. The Bertz CT molecular complexity index is 1310. The summed E-state index contributed by atoms with van der Waals surface area (Å²) in [7, 11) is 1.51. The summed E-state index contributed by atoms with van der Waals surface area (Å²) in [5.41, 5.74) is 0.895. The van der Waals surface area contributed by atoms with E-state index in [0.717, 1.165) is 34.4 Å². The van der Waals surface area contributed by atoms with Crippen LogP contribution < -0.4 is 15.4 Å². The Balaban J connectivity index is 1.64. The number of esters is 2. The lowest BCUT2D eigenvalue weighted by atomic mass is 10.1. The predicted molar refractivity (Wildman–Crippen MR) is 141 cm³/mol. The number of thioether (sulfide) groups is 1. The summed E-state index contributed by atoms with van der Waals surface area (Å²) in [6.45, 7) is 5.25. The Kier molecular flexibility index (Phi) is 10.00. The minimum atomic E-state index is -0.643. The molecule has 0 atom stereocenters. The molecule has 2 N–H and O–H groups in total. The zero-order valence-electron chi connectivity index (χ0n) is 20.4. The number of nitrogens with one attached hydrogen (secondary N) is 2. The Labute approximate surface area is 224 Å². The van der Waals surface area contributed by atoms with Crippen LogP contribution in [0.2, 0.25) is 0 Å². The molecule has 37 heavy (non-hydrogen) atoms. The molecule has 3 rings (SSSR count). The van der Waals surface area contributed by atoms with Crippen LogP contribution in [0.25, 0.3) is 0 Å². The van der Waals surface area contributed by atoms with Crippen LogP contribution in [0.15, 0.2) is 28.6 Å². The van der Waals surface area contributed by atoms with Gasteiger partial charge in [-0.05, 0) is 44.5 Å². The van der Waals surface area contributed by atoms with Gasteiger partial charge in [-0.1, -0.05) is 29.2 Å². The van der Waals surface area contributed by atoms with Gasteiger partial charge in [-0.2, -0.15) is 0 Å². The number of rotatable bonds is 11. The number of carbonyl (C=O) groups is 4. The van der Waals surface area contributed by atoms with Crippen LogP contribution in [0.4, 0.5) is 10.1 Å². The third kappa shape index (κ3) is 7.27. The quantitative estimate of drug-likeness (QED) is 0.197. The normalized spacial score (nSPS) is 10.5. The number of carbonyl (C=O) groups excluding carboxylic acids is 4. The molecule has 1 aromatic carbocycles. The van der Waals surface area contributed by atoms with Crippen LogP contribution in [0, 0.1) is 6.92 Å². The lowest BCUT2D eigenvalue weighted by Gasteiger charge is -2.06. The van der Waals surface area contributed by atoms with Crippen molar-refractivity contribution in [3.63, 3.8) is 0 Å². The van der Waals surface area contributed by atoms with E-state index in [0.29, 0.717) is 21.2 Å². The van der Waals surface area contributed by atoms with E-state index < -0.39 is 17.8 Å². The summed E-state index contributed by atoms with van der Waals surface area (Å²) in [5, 5.41) is 13.7. The highest BCUT2D eigenvalue weighted by Gasteiger charge is 2.27. The molecule has 0 radical (unpaired) electrons. The van der Waals surface area contributed by atoms with Crippen molar-refractivity contribution in [3.05, 3.63) is 45.8 Å². The van der Waals surface area contributed by atoms with Crippen molar-refractivity contribution < 1.29 is 33.4 Å². The number of aromatic nitrogens is 2. The minimum Gasteiger partial charge on any atom is -0.497 e. The number of ether oxygens (including phenoxy) is 3. The molecule has 0 unspecified atom stereocenters. The van der Waals surface area contributed by atoms with Crippen molar-refractivity contribution in [3.8, 4) is 5.75 Å². The van der Waals surface area contributed by atoms with Crippen LogP contribution in [0.5, 0.6) is 5.75 Å². The molecule has 2 heterocycles. The van der Waals surface area contributed by atoms with E-state index >= 15 is 0 Å². The number of hydrogen-bond acceptors (Lipinski definition) is 12. The molecule has 14 heteroatoms. The highest BCUT2D eigenvalue weighted by molar-refractivity contribution is 8.01. The number of nitrogens with zero attached hydrogens (tertiary/aromatic N) is 2. The maximum absolute atomic E-state index is 12.6. The standard InChI is InChI=1S/C23H24N4O7S3/c1-5-33-20(30)16-12(3)17(21(31)34-6-2)36-19(16)24-15(28)11-35-23-27-26-22(37-23)25-18(29)13-8-7-9-14(10-13)32-4/h7-10H,5-6,11H2,1-4H3,(H,24,28)(H,25,26,29). The SMILES string of the molecule is CCOC(=O)c1sc(NC(=O)CSc2nnc(NC(=O)c3cccc(OC)c3)s2)c(C(=O)OCC)c1C. The third-order valence-corrected chi connectivity index (χ3v) is 7.78. The number of benzene rings is 1. The smallest absolute Gasteiger partial charge is 0.348 e. The molecule has 0 fully saturated rings. The van der Waals surface area contributed by atoms with Gasteiger partial charge in [0.1, 0.15) is 15.6 Å². The van der Waals surface area contributed by atoms with Gasteiger partial charge in [0.25, 0.3) is 5.91 Å². The van der Waals surface area contributed by atoms with Gasteiger partial charge in [0, 0.05) is 5.56 Å². The Morgan fingerprint density at radius 1 is 1.00 bits per heavy atom. The molecule has 0 spiro atoms. The largest absolute Gasteiger partial charge is 0.497 e. The Hall–Kier alpha value is -3.49. The maximum atomic E-state index is 12.6. The average Bonchev–Trinajstić information content (AvgIpc) is 3.46. The molecule has 0 aliphatic carbocycles. The number of amides is 2. The van der Waals surface area contributed by atoms with Crippen molar-refractivity contribution >= 4 is 68.3 Å². The van der Waals surface area contributed by atoms with E-state index in [4.69, 9.17) is 14.2 Å². The van der Waals surface area contributed by atoms with Crippen LogP contribution in [-0.2, 0) is 14.3 Å². The molecule has 196 valence electrons. The Morgan fingerprint density at radius 2 is 1.73 bits per heavy atom. The van der Waals surface area contributed by atoms with Crippen molar-refractivity contribution in [2.75, 3.05) is 36.7 Å². The zero-order valence-corrected chi connectivity index (χ0v) is 22.9. The lowest BCUT2D eigenvalue weighted by molar-refractivity contribution is -0.113. The molecule has 11 nitrogen and oxygen atoms in total. The van der Waals surface area contributed by atoms with Crippen molar-refractivity contribution in [2.45, 2.75) is 25.1 Å². The number of hydrogen-bond donors (Lipinski definition) is 2. The summed E-state index contributed by atoms with van der Waals surface area (Å²) in [6.07, 6.45) is 0. The first-order valence-electron chi connectivity index (χ1n) is 11.0. The fraction of sp³-hybridized carbons (Fsp3) is 0.304. The van der Waals surface area contributed by atoms with Gasteiger partial charge < -0.3 is 19.5 Å². The van der Waals surface area contributed by atoms with Gasteiger partial charge in [0.2, 0.25) is 11.0 Å². The van der Waals surface area contributed by atoms with E-state index in [2.05, 4.69) is 20.8 Å². The number of methoxy groups -OCH3 is 1. The first-order chi connectivity index (χ1) is 17.8. The molecule has 0 bridgehead atoms. The van der Waals surface area contributed by atoms with E-state index in [-0.39, 0.29) is 45.4 Å². The average molecular weight is 565 g/mol. The molecule has 2 aromatic heterocycles. The molecular weight excluding hydrogens is 540 g/mol. The summed E-state index contributed by atoms with van der Waals surface area (Å²) >= 11 is 3.17. The van der Waals surface area contributed by atoms with Crippen LogP contribution in [0.3, 0.4) is 0 Å². The number of anilines is 2. The van der Waals surface area contributed by atoms with Crippen LogP contribution in [0.1, 0.15) is 49.8 Å². The molecule has 3 aromatic rings. The molecule has 0 saturated carbocycles. The molecule has 0 aliphatic heterocycles. The van der Waals surface area contributed by atoms with Crippen molar-refractivity contribution in [2.24, 2.45) is 0 Å². The summed E-state index contributed by atoms with van der Waals surface area (Å²) in [6, 6.07) is 6.67.